The lowest BCUT2D eigenvalue weighted by Gasteiger charge is -2.04. The molecule has 0 fully saturated rings. The summed E-state index contributed by atoms with van der Waals surface area (Å²) in [5.74, 6) is -0.534. The molecule has 2 N–H and O–H groups in total. The molecule has 0 aliphatic heterocycles. The Kier molecular flexibility index (Phi) is 5.03. The summed E-state index contributed by atoms with van der Waals surface area (Å²) in [5.41, 5.74) is 1.17. The molecule has 0 saturated carbocycles. The Bertz CT molecular complexity index is 585. The van der Waals surface area contributed by atoms with Crippen molar-refractivity contribution >= 4 is 11.6 Å². The summed E-state index contributed by atoms with van der Waals surface area (Å²) in [7, 11) is 0. The number of ether oxygens (including phenoxy) is 1. The lowest BCUT2D eigenvalue weighted by molar-refractivity contribution is -0.120. The minimum atomic E-state index is -0.355. The molecule has 2 aromatic rings. The van der Waals surface area contributed by atoms with Crippen LogP contribution in [-0.2, 0) is 16.0 Å². The van der Waals surface area contributed by atoms with E-state index in [-0.39, 0.29) is 31.4 Å². The highest BCUT2D eigenvalue weighted by atomic mass is 19.1. The van der Waals surface area contributed by atoms with Crippen molar-refractivity contribution in [1.29, 1.82) is 0 Å². The SMILES string of the molecule is O=C(Cc1cn2cc(F)ccc2n1)NCCOCCO. The molecule has 0 atom stereocenters. The molecule has 6 nitrogen and oxygen atoms in total. The molecule has 108 valence electrons. The lowest BCUT2D eigenvalue weighted by Crippen LogP contribution is -2.29. The van der Waals surface area contributed by atoms with Crippen LogP contribution in [0.5, 0.6) is 0 Å². The Balaban J connectivity index is 1.83. The van der Waals surface area contributed by atoms with Crippen LogP contribution >= 0.6 is 0 Å². The Morgan fingerprint density at radius 3 is 3.05 bits per heavy atom. The van der Waals surface area contributed by atoms with Gasteiger partial charge in [-0.3, -0.25) is 4.79 Å². The van der Waals surface area contributed by atoms with E-state index in [0.717, 1.165) is 0 Å². The third-order valence-electron chi connectivity index (χ3n) is 2.61. The molecule has 2 aromatic heterocycles. The number of carbonyl (C=O) groups is 1. The third-order valence-corrected chi connectivity index (χ3v) is 2.61. The summed E-state index contributed by atoms with van der Waals surface area (Å²) < 4.78 is 19.6. The minimum absolute atomic E-state index is 0.0360. The van der Waals surface area contributed by atoms with Gasteiger partial charge in [0.15, 0.2) is 0 Å². The van der Waals surface area contributed by atoms with Crippen LogP contribution in [-0.4, -0.2) is 46.8 Å². The first-order valence-corrected chi connectivity index (χ1v) is 6.27. The van der Waals surface area contributed by atoms with E-state index >= 15 is 0 Å². The Hall–Kier alpha value is -1.99. The molecular formula is C13H16FN3O3. The van der Waals surface area contributed by atoms with Crippen LogP contribution in [0.25, 0.3) is 5.65 Å². The van der Waals surface area contributed by atoms with Gasteiger partial charge < -0.3 is 19.6 Å². The Labute approximate surface area is 115 Å². The second-order valence-electron chi connectivity index (χ2n) is 4.21. The van der Waals surface area contributed by atoms with Gasteiger partial charge in [-0.25, -0.2) is 9.37 Å². The number of fused-ring (bicyclic) bond motifs is 1. The molecule has 1 amide bonds. The normalized spacial score (nSPS) is 10.9. The van der Waals surface area contributed by atoms with Gasteiger partial charge in [-0.05, 0) is 12.1 Å². The first-order chi connectivity index (χ1) is 9.69. The van der Waals surface area contributed by atoms with Crippen LogP contribution in [0.1, 0.15) is 5.69 Å². The summed E-state index contributed by atoms with van der Waals surface area (Å²) >= 11 is 0. The number of amides is 1. The van der Waals surface area contributed by atoms with Crippen LogP contribution < -0.4 is 5.32 Å². The van der Waals surface area contributed by atoms with Crippen molar-refractivity contribution in [3.05, 3.63) is 36.0 Å². The molecule has 0 bridgehead atoms. The fraction of sp³-hybridized carbons (Fsp3) is 0.385. The molecule has 0 aromatic carbocycles. The molecule has 0 radical (unpaired) electrons. The Morgan fingerprint density at radius 1 is 1.40 bits per heavy atom. The highest BCUT2D eigenvalue weighted by Crippen LogP contribution is 2.07. The van der Waals surface area contributed by atoms with Gasteiger partial charge >= 0.3 is 0 Å². The van der Waals surface area contributed by atoms with Crippen molar-refractivity contribution < 1.29 is 19.0 Å². The maximum atomic E-state index is 13.0. The zero-order valence-electron chi connectivity index (χ0n) is 10.9. The van der Waals surface area contributed by atoms with Gasteiger partial charge in [-0.1, -0.05) is 0 Å². The molecule has 0 spiro atoms. The largest absolute Gasteiger partial charge is 0.394 e. The zero-order valence-corrected chi connectivity index (χ0v) is 10.9. The van der Waals surface area contributed by atoms with E-state index in [1.807, 2.05) is 0 Å². The minimum Gasteiger partial charge on any atom is -0.394 e. The lowest BCUT2D eigenvalue weighted by atomic mass is 10.3. The van der Waals surface area contributed by atoms with E-state index in [0.29, 0.717) is 24.5 Å². The molecule has 0 aliphatic carbocycles. The van der Waals surface area contributed by atoms with E-state index < -0.39 is 0 Å². The van der Waals surface area contributed by atoms with Crippen LogP contribution in [0.4, 0.5) is 4.39 Å². The van der Waals surface area contributed by atoms with E-state index in [1.54, 1.807) is 16.7 Å². The topological polar surface area (TPSA) is 75.9 Å². The summed E-state index contributed by atoms with van der Waals surface area (Å²) in [6, 6.07) is 2.88. The van der Waals surface area contributed by atoms with Crippen molar-refractivity contribution in [2.24, 2.45) is 0 Å². The van der Waals surface area contributed by atoms with Crippen molar-refractivity contribution in [2.45, 2.75) is 6.42 Å². The van der Waals surface area contributed by atoms with Crippen molar-refractivity contribution in [2.75, 3.05) is 26.4 Å². The number of hydrogen-bond donors (Lipinski definition) is 2. The highest BCUT2D eigenvalue weighted by Gasteiger charge is 2.07. The van der Waals surface area contributed by atoms with Gasteiger partial charge in [-0.15, -0.1) is 0 Å². The summed E-state index contributed by atoms with van der Waals surface area (Å²) in [6.45, 7) is 0.948. The van der Waals surface area contributed by atoms with Gasteiger partial charge in [0.05, 0.1) is 31.9 Å². The van der Waals surface area contributed by atoms with Crippen LogP contribution in [0.15, 0.2) is 24.5 Å². The van der Waals surface area contributed by atoms with Crippen LogP contribution in [0.2, 0.25) is 0 Å². The zero-order chi connectivity index (χ0) is 14.4. The fourth-order valence-electron chi connectivity index (χ4n) is 1.76. The van der Waals surface area contributed by atoms with Crippen LogP contribution in [0, 0.1) is 5.82 Å². The number of aromatic nitrogens is 2. The fourth-order valence-corrected chi connectivity index (χ4v) is 1.76. The number of aliphatic hydroxyl groups is 1. The van der Waals surface area contributed by atoms with Crippen molar-refractivity contribution in [3.63, 3.8) is 0 Å². The Morgan fingerprint density at radius 2 is 2.25 bits per heavy atom. The second-order valence-corrected chi connectivity index (χ2v) is 4.21. The van der Waals surface area contributed by atoms with Gasteiger partial charge in [0.25, 0.3) is 0 Å². The number of rotatable bonds is 7. The monoisotopic (exact) mass is 281 g/mol. The summed E-state index contributed by atoms with van der Waals surface area (Å²) in [6.07, 6.45) is 3.07. The average Bonchev–Trinajstić information content (AvgIpc) is 2.79. The molecule has 2 rings (SSSR count). The van der Waals surface area contributed by atoms with E-state index in [2.05, 4.69) is 10.3 Å². The van der Waals surface area contributed by atoms with Crippen molar-refractivity contribution in [3.8, 4) is 0 Å². The van der Waals surface area contributed by atoms with E-state index in [9.17, 15) is 9.18 Å². The smallest absolute Gasteiger partial charge is 0.226 e. The number of pyridine rings is 1. The van der Waals surface area contributed by atoms with E-state index in [1.165, 1.54) is 12.3 Å². The predicted molar refractivity (Wildman–Crippen MR) is 69.8 cm³/mol. The van der Waals surface area contributed by atoms with Crippen molar-refractivity contribution in [1.82, 2.24) is 14.7 Å². The number of aliphatic hydroxyl groups excluding tert-OH is 1. The molecule has 0 unspecified atom stereocenters. The van der Waals surface area contributed by atoms with Gasteiger partial charge in [0.2, 0.25) is 5.91 Å². The number of nitrogens with one attached hydrogen (secondary N) is 1. The number of hydrogen-bond acceptors (Lipinski definition) is 4. The highest BCUT2D eigenvalue weighted by molar-refractivity contribution is 5.78. The first kappa shape index (κ1) is 14.4. The van der Waals surface area contributed by atoms with E-state index in [4.69, 9.17) is 9.84 Å². The first-order valence-electron chi connectivity index (χ1n) is 6.27. The molecule has 20 heavy (non-hydrogen) atoms. The number of nitrogens with zero attached hydrogens (tertiary/aromatic N) is 2. The van der Waals surface area contributed by atoms with Crippen LogP contribution in [0.3, 0.4) is 0 Å². The molecule has 0 aliphatic rings. The maximum Gasteiger partial charge on any atom is 0.226 e. The van der Waals surface area contributed by atoms with Gasteiger partial charge in [0.1, 0.15) is 11.5 Å². The number of imidazole rings is 1. The molecule has 2 heterocycles. The van der Waals surface area contributed by atoms with Gasteiger partial charge in [0, 0.05) is 18.9 Å². The standard InChI is InChI=1S/C13H16FN3O3/c14-10-1-2-12-16-11(9-17(12)8-10)7-13(19)15-3-5-20-6-4-18/h1-2,8-9,18H,3-7H2,(H,15,19). The third kappa shape index (κ3) is 4.01. The number of carbonyl (C=O) groups excluding carboxylic acids is 1. The summed E-state index contributed by atoms with van der Waals surface area (Å²) in [5, 5.41) is 11.2. The average molecular weight is 281 g/mol. The summed E-state index contributed by atoms with van der Waals surface area (Å²) in [4.78, 5) is 15.9. The molecule has 0 saturated heterocycles. The second kappa shape index (κ2) is 6.97. The van der Waals surface area contributed by atoms with Gasteiger partial charge in [-0.2, -0.15) is 0 Å². The molecular weight excluding hydrogens is 265 g/mol. The molecule has 7 heteroatoms. The quantitative estimate of drug-likeness (QED) is 0.708. The number of halogens is 1. The predicted octanol–water partition coefficient (Wildman–Crippen LogP) is 0.141. The maximum absolute atomic E-state index is 13.0.